The number of rotatable bonds is 6. The average molecular weight is 438 g/mol. The molecule has 2 aliphatic heterocycles. The monoisotopic (exact) mass is 437 g/mol. The van der Waals surface area contributed by atoms with Gasteiger partial charge in [0.2, 0.25) is 11.9 Å². The lowest BCUT2D eigenvalue weighted by Crippen LogP contribution is -2.52. The normalized spacial score (nSPS) is 18.1. The zero-order valence-electron chi connectivity index (χ0n) is 18.2. The topological polar surface area (TPSA) is 95.5 Å². The summed E-state index contributed by atoms with van der Waals surface area (Å²) in [5.74, 6) is 1.58. The number of nitrogens with zero attached hydrogens (tertiary/aromatic N) is 3. The Morgan fingerprint density at radius 1 is 0.969 bits per heavy atom. The van der Waals surface area contributed by atoms with Crippen molar-refractivity contribution < 1.29 is 19.1 Å². The zero-order chi connectivity index (χ0) is 22.5. The van der Waals surface area contributed by atoms with Crippen LogP contribution in [0.5, 0.6) is 11.5 Å². The second-order valence-electron chi connectivity index (χ2n) is 7.61. The number of amides is 2. The summed E-state index contributed by atoms with van der Waals surface area (Å²) in [5.41, 5.74) is 1.78. The molecule has 0 aromatic heterocycles. The fourth-order valence-electron chi connectivity index (χ4n) is 3.76. The quantitative estimate of drug-likeness (QED) is 0.715. The van der Waals surface area contributed by atoms with Crippen LogP contribution in [0.4, 0.5) is 11.4 Å². The highest BCUT2D eigenvalue weighted by Crippen LogP contribution is 2.21. The Labute approximate surface area is 187 Å². The van der Waals surface area contributed by atoms with Gasteiger partial charge in [-0.25, -0.2) is 4.99 Å². The molecule has 1 atom stereocenters. The smallest absolute Gasteiger partial charge is 0.252 e. The zero-order valence-corrected chi connectivity index (χ0v) is 18.2. The number of nitrogens with one attached hydrogen (secondary N) is 2. The van der Waals surface area contributed by atoms with Gasteiger partial charge >= 0.3 is 0 Å². The lowest BCUT2D eigenvalue weighted by Gasteiger charge is -2.36. The second kappa shape index (κ2) is 9.59. The average Bonchev–Trinajstić information content (AvgIpc) is 3.19. The van der Waals surface area contributed by atoms with Crippen molar-refractivity contribution in [3.05, 3.63) is 48.5 Å². The summed E-state index contributed by atoms with van der Waals surface area (Å²) >= 11 is 0. The fourth-order valence-corrected chi connectivity index (χ4v) is 3.76. The maximum Gasteiger partial charge on any atom is 0.252 e. The molecule has 9 heteroatoms. The Morgan fingerprint density at radius 3 is 2.12 bits per heavy atom. The maximum absolute atomic E-state index is 12.4. The molecule has 2 amide bonds. The SMILES string of the molecule is COc1ccc(NC(=O)C[C@@H]2N=C(N3CCN(c4ccc(OC)cc4)CC3)NC2=O)cc1. The number of methoxy groups -OCH3 is 2. The highest BCUT2D eigenvalue weighted by molar-refractivity contribution is 6.07. The molecule has 0 bridgehead atoms. The van der Waals surface area contributed by atoms with Gasteiger partial charge in [-0.2, -0.15) is 0 Å². The maximum atomic E-state index is 12.4. The lowest BCUT2D eigenvalue weighted by molar-refractivity contribution is -0.123. The highest BCUT2D eigenvalue weighted by Gasteiger charge is 2.32. The molecule has 1 saturated heterocycles. The molecule has 2 aromatic carbocycles. The first kappa shape index (κ1) is 21.5. The van der Waals surface area contributed by atoms with Crippen molar-refractivity contribution >= 4 is 29.1 Å². The predicted molar refractivity (Wildman–Crippen MR) is 122 cm³/mol. The van der Waals surface area contributed by atoms with Crippen LogP contribution >= 0.6 is 0 Å². The van der Waals surface area contributed by atoms with Crippen molar-refractivity contribution in [3.8, 4) is 11.5 Å². The second-order valence-corrected chi connectivity index (χ2v) is 7.61. The van der Waals surface area contributed by atoms with Gasteiger partial charge in [-0.3, -0.25) is 14.9 Å². The van der Waals surface area contributed by atoms with Crippen molar-refractivity contribution in [2.45, 2.75) is 12.5 Å². The summed E-state index contributed by atoms with van der Waals surface area (Å²) in [5, 5.41) is 5.63. The van der Waals surface area contributed by atoms with Crippen LogP contribution in [0.25, 0.3) is 0 Å². The van der Waals surface area contributed by atoms with Crippen LogP contribution in [0.3, 0.4) is 0 Å². The van der Waals surface area contributed by atoms with E-state index in [1.807, 2.05) is 24.3 Å². The fraction of sp³-hybridized carbons (Fsp3) is 0.348. The third-order valence-electron chi connectivity index (χ3n) is 5.59. The molecule has 0 radical (unpaired) electrons. The molecule has 32 heavy (non-hydrogen) atoms. The lowest BCUT2D eigenvalue weighted by atomic mass is 10.2. The molecule has 1 fully saturated rings. The molecule has 2 aliphatic rings. The number of aliphatic imine (C=N–C) groups is 1. The largest absolute Gasteiger partial charge is 0.497 e. The molecule has 2 heterocycles. The van der Waals surface area contributed by atoms with E-state index in [1.54, 1.807) is 38.5 Å². The third kappa shape index (κ3) is 4.93. The van der Waals surface area contributed by atoms with E-state index in [0.29, 0.717) is 17.4 Å². The number of hydrogen-bond donors (Lipinski definition) is 2. The molecule has 4 rings (SSSR count). The van der Waals surface area contributed by atoms with Crippen molar-refractivity contribution in [1.82, 2.24) is 10.2 Å². The van der Waals surface area contributed by atoms with Crippen molar-refractivity contribution in [2.24, 2.45) is 4.99 Å². The minimum Gasteiger partial charge on any atom is -0.497 e. The molecule has 0 spiro atoms. The highest BCUT2D eigenvalue weighted by atomic mass is 16.5. The van der Waals surface area contributed by atoms with E-state index in [-0.39, 0.29) is 18.2 Å². The molecule has 9 nitrogen and oxygen atoms in total. The summed E-state index contributed by atoms with van der Waals surface area (Å²) in [6, 6.07) is 14.3. The first-order valence-electron chi connectivity index (χ1n) is 10.5. The number of guanidine groups is 1. The summed E-state index contributed by atoms with van der Waals surface area (Å²) < 4.78 is 10.3. The third-order valence-corrected chi connectivity index (χ3v) is 5.59. The Balaban J connectivity index is 1.30. The number of anilines is 2. The number of carbonyl (C=O) groups excluding carboxylic acids is 2. The Kier molecular flexibility index (Phi) is 6.44. The van der Waals surface area contributed by atoms with E-state index in [0.717, 1.165) is 37.6 Å². The van der Waals surface area contributed by atoms with Gasteiger partial charge in [0.15, 0.2) is 0 Å². The number of piperazine rings is 1. The molecular formula is C23H27N5O4. The molecule has 2 N–H and O–H groups in total. The summed E-state index contributed by atoms with van der Waals surface area (Å²) in [7, 11) is 3.24. The predicted octanol–water partition coefficient (Wildman–Crippen LogP) is 1.71. The Hall–Kier alpha value is -3.75. The van der Waals surface area contributed by atoms with Crippen LogP contribution in [-0.2, 0) is 9.59 Å². The van der Waals surface area contributed by atoms with Crippen LogP contribution in [0.2, 0.25) is 0 Å². The summed E-state index contributed by atoms with van der Waals surface area (Å²) in [4.78, 5) is 33.6. The van der Waals surface area contributed by atoms with Gasteiger partial charge in [0.25, 0.3) is 5.91 Å². The van der Waals surface area contributed by atoms with E-state index in [2.05, 4.69) is 25.4 Å². The van der Waals surface area contributed by atoms with Crippen LogP contribution in [0.1, 0.15) is 6.42 Å². The van der Waals surface area contributed by atoms with Crippen molar-refractivity contribution in [3.63, 3.8) is 0 Å². The van der Waals surface area contributed by atoms with Gasteiger partial charge in [0, 0.05) is 37.6 Å². The summed E-state index contributed by atoms with van der Waals surface area (Å²) in [6.07, 6.45) is -0.00677. The first-order valence-corrected chi connectivity index (χ1v) is 10.5. The van der Waals surface area contributed by atoms with Crippen molar-refractivity contribution in [2.75, 3.05) is 50.6 Å². The number of carbonyl (C=O) groups is 2. The van der Waals surface area contributed by atoms with Gasteiger partial charge in [-0.1, -0.05) is 0 Å². The molecule has 0 unspecified atom stereocenters. The van der Waals surface area contributed by atoms with E-state index in [1.165, 1.54) is 0 Å². The van der Waals surface area contributed by atoms with E-state index >= 15 is 0 Å². The first-order chi connectivity index (χ1) is 15.6. The van der Waals surface area contributed by atoms with E-state index in [4.69, 9.17) is 9.47 Å². The minimum absolute atomic E-state index is 0.00677. The van der Waals surface area contributed by atoms with Crippen LogP contribution < -0.4 is 25.0 Å². The molecule has 2 aromatic rings. The number of benzene rings is 2. The molecule has 168 valence electrons. The van der Waals surface area contributed by atoms with Crippen LogP contribution in [-0.4, -0.2) is 69.1 Å². The molecule has 0 aliphatic carbocycles. The van der Waals surface area contributed by atoms with Gasteiger partial charge in [0.1, 0.15) is 17.5 Å². The standard InChI is InChI=1S/C23H27N5O4/c1-31-18-7-3-16(4-8-18)24-21(29)15-20-22(30)26-23(25-20)28-13-11-27(12-14-28)17-5-9-19(32-2)10-6-17/h3-10,20H,11-15H2,1-2H3,(H,24,29)(H,25,26,30)/t20-/m0/s1. The van der Waals surface area contributed by atoms with Gasteiger partial charge in [-0.15, -0.1) is 0 Å². The van der Waals surface area contributed by atoms with Crippen LogP contribution in [0, 0.1) is 0 Å². The Bertz CT molecular complexity index is 982. The number of ether oxygens (including phenoxy) is 2. The molecular weight excluding hydrogens is 410 g/mol. The van der Waals surface area contributed by atoms with Crippen molar-refractivity contribution in [1.29, 1.82) is 0 Å². The number of hydrogen-bond acceptors (Lipinski definition) is 7. The van der Waals surface area contributed by atoms with E-state index < -0.39 is 6.04 Å². The van der Waals surface area contributed by atoms with Gasteiger partial charge in [-0.05, 0) is 48.5 Å². The Morgan fingerprint density at radius 2 is 1.53 bits per heavy atom. The summed E-state index contributed by atoms with van der Waals surface area (Å²) in [6.45, 7) is 3.08. The van der Waals surface area contributed by atoms with Gasteiger partial charge in [0.05, 0.1) is 20.6 Å². The van der Waals surface area contributed by atoms with Crippen LogP contribution in [0.15, 0.2) is 53.5 Å². The minimum atomic E-state index is -0.720. The van der Waals surface area contributed by atoms with Gasteiger partial charge < -0.3 is 24.6 Å². The molecule has 0 saturated carbocycles. The van der Waals surface area contributed by atoms with E-state index in [9.17, 15) is 9.59 Å².